The van der Waals surface area contributed by atoms with Crippen LogP contribution in [0.3, 0.4) is 0 Å². The van der Waals surface area contributed by atoms with Crippen LogP contribution in [-0.4, -0.2) is 68.2 Å². The molecule has 2 heterocycles. The van der Waals surface area contributed by atoms with Gasteiger partial charge in [0, 0.05) is 36.8 Å². The van der Waals surface area contributed by atoms with Crippen molar-refractivity contribution in [2.24, 2.45) is 11.7 Å². The number of nitrogens with one attached hydrogen (secondary N) is 1. The zero-order valence-electron chi connectivity index (χ0n) is 20.7. The number of nitrogens with two attached hydrogens (primary N) is 1. The van der Waals surface area contributed by atoms with E-state index in [2.05, 4.69) is 10.3 Å². The number of aromatic nitrogens is 1. The van der Waals surface area contributed by atoms with Crippen molar-refractivity contribution >= 4 is 40.9 Å². The number of aliphatic hydroxyl groups excluding tert-OH is 1. The zero-order valence-corrected chi connectivity index (χ0v) is 21.5. The van der Waals surface area contributed by atoms with Crippen LogP contribution in [0.15, 0.2) is 48.7 Å². The molecule has 0 bridgehead atoms. The second-order valence-electron chi connectivity index (χ2n) is 9.62. The molecular formula is C25H31N5O5S. The third-order valence-corrected chi connectivity index (χ3v) is 5.97. The molecule has 2 aromatic rings. The summed E-state index contributed by atoms with van der Waals surface area (Å²) in [7, 11) is 0. The summed E-state index contributed by atoms with van der Waals surface area (Å²) in [5.41, 5.74) is 4.99. The van der Waals surface area contributed by atoms with Crippen molar-refractivity contribution in [2.75, 3.05) is 25.0 Å². The standard InChI is InChI=1S/C25H31N5O5S/c1-16(32)28-19-10-11-27-20(12-19)25(30(22(26)36)21(33)17-8-6-5-7-9-17)15-29(13-18(25)14-31)23(34)35-24(2,3)4/h5-12,18,31H,13-15H2,1-4H3,(H2,26,36)(H,27,28,32). The summed E-state index contributed by atoms with van der Waals surface area (Å²) in [6, 6.07) is 11.6. The number of benzene rings is 1. The molecule has 0 saturated carbocycles. The van der Waals surface area contributed by atoms with Crippen molar-refractivity contribution in [1.82, 2.24) is 14.8 Å². The number of hydrogen-bond donors (Lipinski definition) is 3. The van der Waals surface area contributed by atoms with Gasteiger partial charge in [-0.05, 0) is 57.3 Å². The first-order valence-corrected chi connectivity index (χ1v) is 11.8. The van der Waals surface area contributed by atoms with Crippen LogP contribution in [0.25, 0.3) is 0 Å². The second-order valence-corrected chi connectivity index (χ2v) is 10.0. The van der Waals surface area contributed by atoms with E-state index < -0.39 is 35.7 Å². The highest BCUT2D eigenvalue weighted by Gasteiger charge is 2.57. The molecular weight excluding hydrogens is 482 g/mol. The first-order valence-electron chi connectivity index (χ1n) is 11.4. The van der Waals surface area contributed by atoms with Crippen LogP contribution in [0.4, 0.5) is 10.5 Å². The van der Waals surface area contributed by atoms with Crippen LogP contribution in [-0.2, 0) is 15.1 Å². The van der Waals surface area contributed by atoms with Crippen molar-refractivity contribution in [3.8, 4) is 0 Å². The first-order chi connectivity index (χ1) is 16.9. The number of likely N-dealkylation sites (tertiary alicyclic amines) is 1. The number of nitrogens with zero attached hydrogens (tertiary/aromatic N) is 3. The van der Waals surface area contributed by atoms with Gasteiger partial charge in [0.1, 0.15) is 11.1 Å². The molecule has 0 aliphatic carbocycles. The van der Waals surface area contributed by atoms with Crippen LogP contribution < -0.4 is 11.1 Å². The molecule has 36 heavy (non-hydrogen) atoms. The number of rotatable bonds is 5. The highest BCUT2D eigenvalue weighted by Crippen LogP contribution is 2.43. The molecule has 1 fully saturated rings. The van der Waals surface area contributed by atoms with Gasteiger partial charge in [0.05, 0.1) is 18.8 Å². The Morgan fingerprint density at radius 2 is 1.94 bits per heavy atom. The molecule has 0 spiro atoms. The molecule has 1 aliphatic heterocycles. The molecule has 2 unspecified atom stereocenters. The molecule has 3 amide bonds. The number of thiocarbonyl (C=S) groups is 1. The maximum Gasteiger partial charge on any atom is 0.410 e. The summed E-state index contributed by atoms with van der Waals surface area (Å²) in [4.78, 5) is 45.7. The van der Waals surface area contributed by atoms with E-state index in [1.807, 2.05) is 0 Å². The first kappa shape index (κ1) is 27.0. The maximum absolute atomic E-state index is 13.8. The third-order valence-electron chi connectivity index (χ3n) is 5.79. The van der Waals surface area contributed by atoms with Gasteiger partial charge in [-0.25, -0.2) is 4.79 Å². The summed E-state index contributed by atoms with van der Waals surface area (Å²) in [5.74, 6) is -1.54. The van der Waals surface area contributed by atoms with Crippen molar-refractivity contribution in [3.05, 3.63) is 59.9 Å². The molecule has 0 radical (unpaired) electrons. The predicted octanol–water partition coefficient (Wildman–Crippen LogP) is 2.48. The quantitative estimate of drug-likeness (QED) is 0.519. The van der Waals surface area contributed by atoms with Gasteiger partial charge >= 0.3 is 6.09 Å². The zero-order chi connectivity index (χ0) is 26.7. The molecule has 1 aromatic heterocycles. The van der Waals surface area contributed by atoms with Gasteiger partial charge in [0.2, 0.25) is 5.91 Å². The van der Waals surface area contributed by atoms with E-state index in [9.17, 15) is 19.5 Å². The number of anilines is 1. The molecule has 3 rings (SSSR count). The van der Waals surface area contributed by atoms with Crippen LogP contribution in [0.5, 0.6) is 0 Å². The number of aliphatic hydroxyl groups is 1. The van der Waals surface area contributed by atoms with E-state index in [1.165, 1.54) is 22.9 Å². The lowest BCUT2D eigenvalue weighted by Crippen LogP contribution is -2.60. The number of amides is 3. The highest BCUT2D eigenvalue weighted by atomic mass is 32.1. The topological polar surface area (TPSA) is 138 Å². The van der Waals surface area contributed by atoms with Crippen LogP contribution in [0, 0.1) is 5.92 Å². The van der Waals surface area contributed by atoms with Crippen molar-refractivity contribution in [3.63, 3.8) is 0 Å². The number of hydrogen-bond acceptors (Lipinski definition) is 7. The van der Waals surface area contributed by atoms with Crippen LogP contribution >= 0.6 is 12.2 Å². The van der Waals surface area contributed by atoms with Gasteiger partial charge in [-0.3, -0.25) is 19.5 Å². The summed E-state index contributed by atoms with van der Waals surface area (Å²) in [6.45, 7) is 6.15. The minimum absolute atomic E-state index is 0.0542. The molecule has 1 saturated heterocycles. The van der Waals surface area contributed by atoms with Gasteiger partial charge in [-0.2, -0.15) is 0 Å². The fourth-order valence-corrected chi connectivity index (χ4v) is 4.62. The highest BCUT2D eigenvalue weighted by molar-refractivity contribution is 7.80. The fourth-order valence-electron chi connectivity index (χ4n) is 4.37. The monoisotopic (exact) mass is 513 g/mol. The predicted molar refractivity (Wildman–Crippen MR) is 138 cm³/mol. The Hall–Kier alpha value is -3.57. The smallest absolute Gasteiger partial charge is 0.410 e. The number of pyridine rings is 1. The van der Waals surface area contributed by atoms with Gasteiger partial charge in [-0.15, -0.1) is 0 Å². The summed E-state index contributed by atoms with van der Waals surface area (Å²) in [5, 5.41) is 12.9. The largest absolute Gasteiger partial charge is 0.444 e. The molecule has 1 aromatic carbocycles. The molecule has 1 aliphatic rings. The van der Waals surface area contributed by atoms with Gasteiger partial charge < -0.3 is 25.8 Å². The lowest BCUT2D eigenvalue weighted by molar-refractivity contribution is -0.114. The molecule has 2 atom stereocenters. The molecule has 10 nitrogen and oxygen atoms in total. The third kappa shape index (κ3) is 5.63. The maximum atomic E-state index is 13.8. The lowest BCUT2D eigenvalue weighted by atomic mass is 9.81. The Bertz CT molecular complexity index is 1150. The van der Waals surface area contributed by atoms with E-state index in [0.29, 0.717) is 16.9 Å². The van der Waals surface area contributed by atoms with Crippen LogP contribution in [0.2, 0.25) is 0 Å². The van der Waals surface area contributed by atoms with Gasteiger partial charge in [0.25, 0.3) is 5.91 Å². The Morgan fingerprint density at radius 3 is 2.50 bits per heavy atom. The van der Waals surface area contributed by atoms with E-state index in [0.717, 1.165) is 0 Å². The fraction of sp³-hybridized carbons (Fsp3) is 0.400. The summed E-state index contributed by atoms with van der Waals surface area (Å²) < 4.78 is 5.57. The van der Waals surface area contributed by atoms with E-state index in [4.69, 9.17) is 22.7 Å². The number of ether oxygens (including phenoxy) is 1. The molecule has 192 valence electrons. The normalized spacial score (nSPS) is 19.5. The minimum Gasteiger partial charge on any atom is -0.444 e. The van der Waals surface area contributed by atoms with E-state index in [1.54, 1.807) is 63.2 Å². The Morgan fingerprint density at radius 1 is 1.28 bits per heavy atom. The number of carbonyl (C=O) groups is 3. The molecule has 4 N–H and O–H groups in total. The van der Waals surface area contributed by atoms with Crippen molar-refractivity contribution < 1.29 is 24.2 Å². The number of carbonyl (C=O) groups excluding carboxylic acids is 3. The summed E-state index contributed by atoms with van der Waals surface area (Å²) >= 11 is 5.37. The summed E-state index contributed by atoms with van der Waals surface area (Å²) in [6.07, 6.45) is 0.855. The Kier molecular flexibility index (Phi) is 7.95. The van der Waals surface area contributed by atoms with Crippen LogP contribution in [0.1, 0.15) is 43.7 Å². The Labute approximate surface area is 215 Å². The lowest BCUT2D eigenvalue weighted by Gasteiger charge is -2.43. The Balaban J connectivity index is 2.21. The van der Waals surface area contributed by atoms with Gasteiger partial charge in [0.15, 0.2) is 5.11 Å². The second kappa shape index (κ2) is 10.6. The van der Waals surface area contributed by atoms with Gasteiger partial charge in [-0.1, -0.05) is 18.2 Å². The van der Waals surface area contributed by atoms with E-state index >= 15 is 0 Å². The SMILES string of the molecule is CC(=O)Nc1ccnc(C2(N(C(=O)c3ccccc3)C(N)=S)CN(C(=O)OC(C)(C)C)CC2CO)c1. The minimum atomic E-state index is -1.45. The van der Waals surface area contributed by atoms with Crippen molar-refractivity contribution in [1.29, 1.82) is 0 Å². The average molecular weight is 514 g/mol. The van der Waals surface area contributed by atoms with E-state index in [-0.39, 0.29) is 24.1 Å². The molecule has 11 heteroatoms. The average Bonchev–Trinajstić information content (AvgIpc) is 3.19. The van der Waals surface area contributed by atoms with Crippen molar-refractivity contribution in [2.45, 2.75) is 38.8 Å².